The van der Waals surface area contributed by atoms with Crippen LogP contribution in [-0.2, 0) is 0 Å². The van der Waals surface area contributed by atoms with Crippen molar-refractivity contribution in [2.75, 3.05) is 6.54 Å². The van der Waals surface area contributed by atoms with Crippen molar-refractivity contribution in [1.29, 1.82) is 0 Å². The Balaban J connectivity index is 2.34. The summed E-state index contributed by atoms with van der Waals surface area (Å²) in [6.07, 6.45) is 5.77. The summed E-state index contributed by atoms with van der Waals surface area (Å²) in [6.45, 7) is 2.38. The summed E-state index contributed by atoms with van der Waals surface area (Å²) in [5.74, 6) is -0.794. The molecule has 4 nitrogen and oxygen atoms in total. The molecule has 1 aromatic carbocycles. The largest absolute Gasteiger partial charge is 0.478 e. The van der Waals surface area contributed by atoms with Crippen LogP contribution in [0.3, 0.4) is 0 Å². The Kier molecular flexibility index (Phi) is 4.77. The summed E-state index contributed by atoms with van der Waals surface area (Å²) < 4.78 is 0. The van der Waals surface area contributed by atoms with Crippen LogP contribution in [0, 0.1) is 0 Å². The first-order valence-electron chi connectivity index (χ1n) is 7.28. The zero-order chi connectivity index (χ0) is 14.5. The van der Waals surface area contributed by atoms with Gasteiger partial charge >= 0.3 is 5.97 Å². The van der Waals surface area contributed by atoms with Crippen LogP contribution >= 0.6 is 0 Å². The van der Waals surface area contributed by atoms with E-state index in [9.17, 15) is 14.7 Å². The molecule has 2 rings (SSSR count). The van der Waals surface area contributed by atoms with E-state index in [-0.39, 0.29) is 11.5 Å². The average molecular weight is 275 g/mol. The summed E-state index contributed by atoms with van der Waals surface area (Å²) in [7, 11) is 0. The summed E-state index contributed by atoms with van der Waals surface area (Å²) in [5, 5.41) is 11.9. The number of aromatic carboxylic acids is 1. The van der Waals surface area contributed by atoms with E-state index >= 15 is 0 Å². The maximum Gasteiger partial charge on any atom is 0.335 e. The first-order valence-corrected chi connectivity index (χ1v) is 7.28. The quantitative estimate of drug-likeness (QED) is 0.886. The topological polar surface area (TPSA) is 66.4 Å². The highest BCUT2D eigenvalue weighted by atomic mass is 16.4. The van der Waals surface area contributed by atoms with E-state index in [0.717, 1.165) is 18.4 Å². The van der Waals surface area contributed by atoms with E-state index in [4.69, 9.17) is 0 Å². The van der Waals surface area contributed by atoms with E-state index in [2.05, 4.69) is 5.32 Å². The van der Waals surface area contributed by atoms with Crippen LogP contribution < -0.4 is 5.32 Å². The van der Waals surface area contributed by atoms with Crippen LogP contribution in [0.2, 0.25) is 0 Å². The fraction of sp³-hybridized carbons (Fsp3) is 0.500. The molecule has 2 N–H and O–H groups in total. The summed E-state index contributed by atoms with van der Waals surface area (Å²) in [6, 6.07) is 5.04. The molecular formula is C16H21NO3. The van der Waals surface area contributed by atoms with Crippen molar-refractivity contribution >= 4 is 11.9 Å². The number of rotatable bonds is 4. The van der Waals surface area contributed by atoms with E-state index in [1.807, 2.05) is 13.0 Å². The molecule has 0 saturated heterocycles. The van der Waals surface area contributed by atoms with Gasteiger partial charge in [-0.15, -0.1) is 0 Å². The fourth-order valence-electron chi connectivity index (χ4n) is 2.84. The molecule has 1 aliphatic carbocycles. The molecule has 1 aromatic rings. The van der Waals surface area contributed by atoms with Gasteiger partial charge in [-0.1, -0.05) is 19.3 Å². The second kappa shape index (κ2) is 6.55. The molecule has 0 aliphatic heterocycles. The second-order valence-corrected chi connectivity index (χ2v) is 5.34. The first-order chi connectivity index (χ1) is 9.61. The Morgan fingerprint density at radius 1 is 1.15 bits per heavy atom. The molecule has 0 bridgehead atoms. The molecule has 1 saturated carbocycles. The molecule has 0 unspecified atom stereocenters. The maximum absolute atomic E-state index is 12.0. The van der Waals surface area contributed by atoms with Gasteiger partial charge in [-0.05, 0) is 49.4 Å². The van der Waals surface area contributed by atoms with Crippen LogP contribution in [0.25, 0.3) is 0 Å². The normalized spacial score (nSPS) is 15.8. The van der Waals surface area contributed by atoms with E-state index in [0.29, 0.717) is 18.0 Å². The summed E-state index contributed by atoms with van der Waals surface area (Å²) in [4.78, 5) is 23.2. The molecule has 20 heavy (non-hydrogen) atoms. The Hall–Kier alpha value is -1.84. The summed E-state index contributed by atoms with van der Waals surface area (Å²) in [5.41, 5.74) is 1.65. The SMILES string of the molecule is CCNC(=O)c1cc(C(=O)O)cc(C2CCCCC2)c1. The van der Waals surface area contributed by atoms with Gasteiger partial charge in [0.05, 0.1) is 5.56 Å². The number of amides is 1. The molecule has 108 valence electrons. The van der Waals surface area contributed by atoms with Gasteiger partial charge in [0.25, 0.3) is 5.91 Å². The number of carbonyl (C=O) groups is 2. The van der Waals surface area contributed by atoms with E-state index in [1.54, 1.807) is 6.07 Å². The van der Waals surface area contributed by atoms with Crippen LogP contribution in [0.15, 0.2) is 18.2 Å². The van der Waals surface area contributed by atoms with Gasteiger partial charge in [0.1, 0.15) is 0 Å². The van der Waals surface area contributed by atoms with Gasteiger partial charge in [0.15, 0.2) is 0 Å². The van der Waals surface area contributed by atoms with Gasteiger partial charge in [-0.2, -0.15) is 0 Å². The number of hydrogen-bond donors (Lipinski definition) is 2. The predicted octanol–water partition coefficient (Wildman–Crippen LogP) is 3.18. The lowest BCUT2D eigenvalue weighted by atomic mass is 9.83. The number of hydrogen-bond acceptors (Lipinski definition) is 2. The highest BCUT2D eigenvalue weighted by molar-refractivity contribution is 5.97. The zero-order valence-corrected chi connectivity index (χ0v) is 11.8. The lowest BCUT2D eigenvalue weighted by molar-refractivity contribution is 0.0696. The van der Waals surface area contributed by atoms with Crippen LogP contribution in [0.4, 0.5) is 0 Å². The van der Waals surface area contributed by atoms with E-state index < -0.39 is 5.97 Å². The van der Waals surface area contributed by atoms with Gasteiger partial charge in [0, 0.05) is 12.1 Å². The molecule has 0 atom stereocenters. The molecule has 0 heterocycles. The zero-order valence-electron chi connectivity index (χ0n) is 11.8. The Bertz CT molecular complexity index is 504. The Labute approximate surface area is 119 Å². The number of carboxylic acids is 1. The van der Waals surface area contributed by atoms with Crippen LogP contribution in [-0.4, -0.2) is 23.5 Å². The molecule has 1 amide bonds. The molecule has 4 heteroatoms. The highest BCUT2D eigenvalue weighted by Crippen LogP contribution is 2.33. The first kappa shape index (κ1) is 14.6. The van der Waals surface area contributed by atoms with Crippen molar-refractivity contribution in [3.63, 3.8) is 0 Å². The second-order valence-electron chi connectivity index (χ2n) is 5.34. The molecule has 0 aromatic heterocycles. The number of carboxylic acid groups (broad SMARTS) is 1. The van der Waals surface area contributed by atoms with E-state index in [1.165, 1.54) is 25.3 Å². The minimum atomic E-state index is -0.979. The third-order valence-electron chi connectivity index (χ3n) is 3.88. The standard InChI is InChI=1S/C16H21NO3/c1-2-17-15(18)13-8-12(9-14(10-13)16(19)20)11-6-4-3-5-7-11/h8-11H,2-7H2,1H3,(H,17,18)(H,19,20). The lowest BCUT2D eigenvalue weighted by Crippen LogP contribution is -2.23. The third-order valence-corrected chi connectivity index (χ3v) is 3.88. The van der Waals surface area contributed by atoms with Gasteiger partial charge in [-0.3, -0.25) is 4.79 Å². The molecule has 0 radical (unpaired) electrons. The lowest BCUT2D eigenvalue weighted by Gasteiger charge is -2.22. The Morgan fingerprint density at radius 3 is 2.40 bits per heavy atom. The van der Waals surface area contributed by atoms with Crippen molar-refractivity contribution in [2.45, 2.75) is 44.9 Å². The maximum atomic E-state index is 12.0. The monoisotopic (exact) mass is 275 g/mol. The van der Waals surface area contributed by atoms with Crippen molar-refractivity contribution in [3.8, 4) is 0 Å². The molecule has 0 spiro atoms. The van der Waals surface area contributed by atoms with Crippen molar-refractivity contribution in [1.82, 2.24) is 5.32 Å². The number of nitrogens with one attached hydrogen (secondary N) is 1. The van der Waals surface area contributed by atoms with Crippen molar-refractivity contribution < 1.29 is 14.7 Å². The van der Waals surface area contributed by atoms with Gasteiger partial charge in [0.2, 0.25) is 0 Å². The smallest absolute Gasteiger partial charge is 0.335 e. The molecule has 1 aliphatic rings. The third kappa shape index (κ3) is 3.38. The van der Waals surface area contributed by atoms with Crippen LogP contribution in [0.5, 0.6) is 0 Å². The summed E-state index contributed by atoms with van der Waals surface area (Å²) >= 11 is 0. The predicted molar refractivity (Wildman–Crippen MR) is 77.2 cm³/mol. The Morgan fingerprint density at radius 2 is 1.80 bits per heavy atom. The molecular weight excluding hydrogens is 254 g/mol. The highest BCUT2D eigenvalue weighted by Gasteiger charge is 2.19. The minimum Gasteiger partial charge on any atom is -0.478 e. The minimum absolute atomic E-state index is 0.201. The van der Waals surface area contributed by atoms with Gasteiger partial charge < -0.3 is 10.4 Å². The van der Waals surface area contributed by atoms with Gasteiger partial charge in [-0.25, -0.2) is 4.79 Å². The van der Waals surface area contributed by atoms with Crippen molar-refractivity contribution in [2.24, 2.45) is 0 Å². The number of benzene rings is 1. The van der Waals surface area contributed by atoms with Crippen LogP contribution in [0.1, 0.15) is 71.2 Å². The molecule has 1 fully saturated rings. The van der Waals surface area contributed by atoms with Crippen molar-refractivity contribution in [3.05, 3.63) is 34.9 Å². The average Bonchev–Trinajstić information content (AvgIpc) is 2.48. The fourth-order valence-corrected chi connectivity index (χ4v) is 2.84. The number of carbonyl (C=O) groups excluding carboxylic acids is 1.